The smallest absolute Gasteiger partial charge is 0.458 e. The first kappa shape index (κ1) is 17.0. The molecule has 22 heavy (non-hydrogen) atoms. The second kappa shape index (κ2) is 5.68. The Balaban J connectivity index is 2.60. The second-order valence-electron chi connectivity index (χ2n) is 5.74. The number of ether oxygens (including phenoxy) is 1. The first-order valence-corrected chi connectivity index (χ1v) is 6.92. The molecule has 0 bridgehead atoms. The summed E-state index contributed by atoms with van der Waals surface area (Å²) >= 11 is 0. The van der Waals surface area contributed by atoms with Crippen LogP contribution in [0.2, 0.25) is 0 Å². The highest BCUT2D eigenvalue weighted by Gasteiger charge is 2.60. The number of halogens is 5. The fourth-order valence-electron chi connectivity index (χ4n) is 2.85. The van der Waals surface area contributed by atoms with Gasteiger partial charge in [0.15, 0.2) is 0 Å². The van der Waals surface area contributed by atoms with Crippen molar-refractivity contribution in [1.29, 1.82) is 0 Å². The summed E-state index contributed by atoms with van der Waals surface area (Å²) in [5.41, 5.74) is 0.178. The minimum absolute atomic E-state index is 0.129. The Kier molecular flexibility index (Phi) is 4.39. The summed E-state index contributed by atoms with van der Waals surface area (Å²) in [6.07, 6.45) is -5.07. The van der Waals surface area contributed by atoms with Gasteiger partial charge in [0.05, 0.1) is 12.7 Å². The summed E-state index contributed by atoms with van der Waals surface area (Å²) in [4.78, 5) is 2.03. The van der Waals surface area contributed by atoms with Crippen LogP contribution >= 0.6 is 0 Å². The Hall–Kier alpha value is -1.37. The minimum atomic E-state index is -5.65. The number of likely N-dealkylation sites (N-methyl/N-ethyl adjacent to an activating group) is 1. The molecule has 1 aromatic carbocycles. The maximum atomic E-state index is 13.8. The van der Waals surface area contributed by atoms with Crippen molar-refractivity contribution in [2.24, 2.45) is 0 Å². The molecule has 0 saturated carbocycles. The Labute approximate surface area is 125 Å². The minimum Gasteiger partial charge on any atom is -0.496 e. The zero-order valence-corrected chi connectivity index (χ0v) is 12.6. The third-order valence-electron chi connectivity index (χ3n) is 4.03. The fourth-order valence-corrected chi connectivity index (χ4v) is 2.85. The SMILES string of the molecule is COc1cc2c(cc1C(F)(F)C(F)(F)F)C(C)CN(C)CC2. The largest absolute Gasteiger partial charge is 0.496 e. The van der Waals surface area contributed by atoms with E-state index in [9.17, 15) is 22.0 Å². The highest BCUT2D eigenvalue weighted by Crippen LogP contribution is 2.48. The molecule has 1 aromatic rings. The van der Waals surface area contributed by atoms with Crippen LogP contribution in [0.25, 0.3) is 0 Å². The monoisotopic (exact) mass is 323 g/mol. The number of benzene rings is 1. The summed E-state index contributed by atoms with van der Waals surface area (Å²) in [7, 11) is 2.99. The molecular formula is C15H18F5NO. The average molecular weight is 323 g/mol. The maximum Gasteiger partial charge on any atom is 0.458 e. The molecule has 2 rings (SSSR count). The zero-order valence-electron chi connectivity index (χ0n) is 12.6. The van der Waals surface area contributed by atoms with Crippen LogP contribution in [0.1, 0.15) is 29.5 Å². The second-order valence-corrected chi connectivity index (χ2v) is 5.74. The van der Waals surface area contributed by atoms with Gasteiger partial charge in [-0.25, -0.2) is 0 Å². The Morgan fingerprint density at radius 1 is 1.18 bits per heavy atom. The van der Waals surface area contributed by atoms with E-state index in [-0.39, 0.29) is 5.92 Å². The number of rotatable bonds is 2. The molecule has 0 amide bonds. The molecule has 0 saturated heterocycles. The molecule has 0 radical (unpaired) electrons. The molecule has 7 heteroatoms. The summed E-state index contributed by atoms with van der Waals surface area (Å²) in [6.45, 7) is 3.15. The van der Waals surface area contributed by atoms with Gasteiger partial charge in [0.2, 0.25) is 0 Å². The molecule has 1 aliphatic heterocycles. The Morgan fingerprint density at radius 2 is 1.82 bits per heavy atom. The van der Waals surface area contributed by atoms with Gasteiger partial charge in [0.1, 0.15) is 5.75 Å². The number of fused-ring (bicyclic) bond motifs is 1. The van der Waals surface area contributed by atoms with E-state index in [1.807, 2.05) is 18.9 Å². The number of hydrogen-bond acceptors (Lipinski definition) is 2. The molecule has 1 atom stereocenters. The highest BCUT2D eigenvalue weighted by molar-refractivity contribution is 5.47. The van der Waals surface area contributed by atoms with Crippen molar-refractivity contribution < 1.29 is 26.7 Å². The zero-order chi connectivity index (χ0) is 16.7. The van der Waals surface area contributed by atoms with Gasteiger partial charge in [0.25, 0.3) is 0 Å². The lowest BCUT2D eigenvalue weighted by molar-refractivity contribution is -0.289. The molecule has 0 N–H and O–H groups in total. The van der Waals surface area contributed by atoms with E-state index >= 15 is 0 Å². The van der Waals surface area contributed by atoms with Crippen LogP contribution in [0.15, 0.2) is 12.1 Å². The predicted molar refractivity (Wildman–Crippen MR) is 72.6 cm³/mol. The molecule has 2 nitrogen and oxygen atoms in total. The molecule has 1 heterocycles. The van der Waals surface area contributed by atoms with E-state index in [1.54, 1.807) is 0 Å². The molecular weight excluding hydrogens is 305 g/mol. The van der Waals surface area contributed by atoms with Crippen molar-refractivity contribution in [3.8, 4) is 5.75 Å². The van der Waals surface area contributed by atoms with E-state index in [2.05, 4.69) is 0 Å². The van der Waals surface area contributed by atoms with Crippen molar-refractivity contribution in [2.45, 2.75) is 31.4 Å². The van der Waals surface area contributed by atoms with E-state index in [1.165, 1.54) is 6.07 Å². The molecule has 1 unspecified atom stereocenters. The highest BCUT2D eigenvalue weighted by atomic mass is 19.4. The summed E-state index contributed by atoms with van der Waals surface area (Å²) in [6, 6.07) is 2.28. The van der Waals surface area contributed by atoms with E-state index in [0.29, 0.717) is 18.5 Å². The maximum absolute atomic E-state index is 13.8. The fraction of sp³-hybridized carbons (Fsp3) is 0.600. The Bertz CT molecular complexity index is 556. The molecule has 0 spiro atoms. The number of methoxy groups -OCH3 is 1. The lowest BCUT2D eigenvalue weighted by Gasteiger charge is -2.24. The van der Waals surface area contributed by atoms with Crippen LogP contribution in [-0.4, -0.2) is 38.3 Å². The third kappa shape index (κ3) is 2.91. The van der Waals surface area contributed by atoms with Gasteiger partial charge in [-0.05, 0) is 42.6 Å². The van der Waals surface area contributed by atoms with Crippen molar-refractivity contribution >= 4 is 0 Å². The number of alkyl halides is 5. The summed E-state index contributed by atoms with van der Waals surface area (Å²) in [5, 5.41) is 0. The summed E-state index contributed by atoms with van der Waals surface area (Å²) in [5.74, 6) is -5.49. The van der Waals surface area contributed by atoms with Gasteiger partial charge < -0.3 is 9.64 Å². The molecule has 124 valence electrons. The van der Waals surface area contributed by atoms with Gasteiger partial charge in [-0.2, -0.15) is 22.0 Å². The van der Waals surface area contributed by atoms with Crippen molar-refractivity contribution in [2.75, 3.05) is 27.2 Å². The van der Waals surface area contributed by atoms with Crippen molar-refractivity contribution in [1.82, 2.24) is 4.90 Å². The van der Waals surface area contributed by atoms with E-state index < -0.39 is 23.4 Å². The normalized spacial score (nSPS) is 20.5. The lowest BCUT2D eigenvalue weighted by atomic mass is 9.91. The topological polar surface area (TPSA) is 12.5 Å². The first-order valence-electron chi connectivity index (χ1n) is 6.92. The van der Waals surface area contributed by atoms with Crippen LogP contribution < -0.4 is 4.74 Å². The van der Waals surface area contributed by atoms with Crippen LogP contribution in [0, 0.1) is 0 Å². The standard InChI is InChI=1S/C15H18F5NO/c1-9-8-21(2)5-4-10-6-13(22-3)12(7-11(9)10)14(16,17)15(18,19)20/h6-7,9H,4-5,8H2,1-3H3. The molecule has 0 aromatic heterocycles. The van der Waals surface area contributed by atoms with E-state index in [0.717, 1.165) is 25.3 Å². The lowest BCUT2D eigenvalue weighted by Crippen LogP contribution is -2.34. The van der Waals surface area contributed by atoms with Gasteiger partial charge in [-0.15, -0.1) is 0 Å². The van der Waals surface area contributed by atoms with Gasteiger partial charge in [0, 0.05) is 13.1 Å². The first-order chi connectivity index (χ1) is 10.1. The summed E-state index contributed by atoms with van der Waals surface area (Å²) < 4.78 is 70.4. The number of hydrogen-bond donors (Lipinski definition) is 0. The number of nitrogens with zero attached hydrogens (tertiary/aromatic N) is 1. The molecule has 0 fully saturated rings. The Morgan fingerprint density at radius 3 is 2.36 bits per heavy atom. The predicted octanol–water partition coefficient (Wildman–Crippen LogP) is 3.94. The van der Waals surface area contributed by atoms with E-state index in [4.69, 9.17) is 4.74 Å². The van der Waals surface area contributed by atoms with Crippen LogP contribution in [-0.2, 0) is 12.3 Å². The van der Waals surface area contributed by atoms with Crippen molar-refractivity contribution in [3.63, 3.8) is 0 Å². The average Bonchev–Trinajstić information content (AvgIpc) is 2.55. The van der Waals surface area contributed by atoms with Gasteiger partial charge in [-0.1, -0.05) is 6.92 Å². The van der Waals surface area contributed by atoms with Crippen LogP contribution in [0.3, 0.4) is 0 Å². The van der Waals surface area contributed by atoms with Crippen LogP contribution in [0.4, 0.5) is 22.0 Å². The quantitative estimate of drug-likeness (QED) is 0.765. The third-order valence-corrected chi connectivity index (χ3v) is 4.03. The van der Waals surface area contributed by atoms with Crippen LogP contribution in [0.5, 0.6) is 5.75 Å². The van der Waals surface area contributed by atoms with Crippen molar-refractivity contribution in [3.05, 3.63) is 28.8 Å². The van der Waals surface area contributed by atoms with Gasteiger partial charge in [-0.3, -0.25) is 0 Å². The molecule has 0 aliphatic carbocycles. The van der Waals surface area contributed by atoms with Gasteiger partial charge >= 0.3 is 12.1 Å². The molecule has 1 aliphatic rings.